The van der Waals surface area contributed by atoms with Crippen molar-refractivity contribution in [2.24, 2.45) is 0 Å². The van der Waals surface area contributed by atoms with Gasteiger partial charge in [-0.3, -0.25) is 4.90 Å². The molecule has 28 heavy (non-hydrogen) atoms. The molecule has 0 saturated carbocycles. The zero-order chi connectivity index (χ0) is 20.1. The van der Waals surface area contributed by atoms with Gasteiger partial charge in [0.15, 0.2) is 0 Å². The molecule has 2 aliphatic rings. The first kappa shape index (κ1) is 19.2. The summed E-state index contributed by atoms with van der Waals surface area (Å²) in [6.45, 7) is -0.160. The van der Waals surface area contributed by atoms with E-state index in [0.717, 1.165) is 22.9 Å². The van der Waals surface area contributed by atoms with Crippen molar-refractivity contribution in [2.75, 3.05) is 20.3 Å². The molecule has 4 rings (SSSR count). The molecule has 1 unspecified atom stereocenters. The summed E-state index contributed by atoms with van der Waals surface area (Å²) in [6, 6.07) is 3.65. The SMILES string of the molecule is CN1[C@@H]2COC[C@H]1CC(OC(=O)c1cn(CC(F)(F)F)c3ccc(F)cc13)C2. The Morgan fingerprint density at radius 3 is 2.57 bits per heavy atom. The molecule has 0 N–H and O–H groups in total. The number of hydrogen-bond acceptors (Lipinski definition) is 4. The summed E-state index contributed by atoms with van der Waals surface area (Å²) in [5, 5.41) is 0.116. The number of esters is 1. The van der Waals surface area contributed by atoms with Crippen LogP contribution in [0, 0.1) is 5.82 Å². The van der Waals surface area contributed by atoms with Gasteiger partial charge in [-0.15, -0.1) is 0 Å². The first-order chi connectivity index (χ1) is 13.2. The van der Waals surface area contributed by atoms with Crippen LogP contribution < -0.4 is 0 Å². The van der Waals surface area contributed by atoms with E-state index in [0.29, 0.717) is 26.1 Å². The lowest BCUT2D eigenvalue weighted by atomic mass is 9.92. The molecular formula is C19H20F4N2O3. The van der Waals surface area contributed by atoms with Gasteiger partial charge < -0.3 is 14.0 Å². The molecule has 3 atom stereocenters. The van der Waals surface area contributed by atoms with Gasteiger partial charge in [-0.05, 0) is 25.2 Å². The maximum Gasteiger partial charge on any atom is 0.406 e. The number of morpholine rings is 1. The number of piperidine rings is 1. The molecule has 2 aromatic rings. The quantitative estimate of drug-likeness (QED) is 0.586. The van der Waals surface area contributed by atoms with E-state index in [9.17, 15) is 22.4 Å². The first-order valence-corrected chi connectivity index (χ1v) is 9.07. The fourth-order valence-corrected chi connectivity index (χ4v) is 4.11. The maximum absolute atomic E-state index is 13.7. The van der Waals surface area contributed by atoms with Gasteiger partial charge in [0.05, 0.1) is 18.8 Å². The Hall–Kier alpha value is -2.13. The van der Waals surface area contributed by atoms with Crippen LogP contribution in [0.25, 0.3) is 10.9 Å². The Morgan fingerprint density at radius 2 is 1.93 bits per heavy atom. The van der Waals surface area contributed by atoms with Crippen molar-refractivity contribution < 1.29 is 31.8 Å². The summed E-state index contributed by atoms with van der Waals surface area (Å²) in [4.78, 5) is 14.9. The van der Waals surface area contributed by atoms with Gasteiger partial charge in [0.1, 0.15) is 18.5 Å². The number of carbonyl (C=O) groups is 1. The van der Waals surface area contributed by atoms with E-state index in [4.69, 9.17) is 9.47 Å². The summed E-state index contributed by atoms with van der Waals surface area (Å²) in [6.07, 6.45) is -2.54. The number of alkyl halides is 3. The Bertz CT molecular complexity index is 881. The summed E-state index contributed by atoms with van der Waals surface area (Å²) in [7, 11) is 2.00. The average molecular weight is 400 g/mol. The number of nitrogens with zero attached hydrogens (tertiary/aromatic N) is 2. The van der Waals surface area contributed by atoms with Gasteiger partial charge in [0.2, 0.25) is 0 Å². The minimum Gasteiger partial charge on any atom is -0.459 e. The van der Waals surface area contributed by atoms with E-state index in [1.54, 1.807) is 0 Å². The fraction of sp³-hybridized carbons (Fsp3) is 0.526. The second kappa shape index (κ2) is 7.04. The van der Waals surface area contributed by atoms with Gasteiger partial charge in [0.25, 0.3) is 0 Å². The second-order valence-electron chi connectivity index (χ2n) is 7.46. The molecule has 2 aliphatic heterocycles. The fourth-order valence-electron chi connectivity index (χ4n) is 4.11. The van der Waals surface area contributed by atoms with E-state index in [2.05, 4.69) is 4.90 Å². The first-order valence-electron chi connectivity index (χ1n) is 9.07. The van der Waals surface area contributed by atoms with Crippen LogP contribution in [0.4, 0.5) is 17.6 Å². The van der Waals surface area contributed by atoms with E-state index in [-0.39, 0.29) is 34.7 Å². The van der Waals surface area contributed by atoms with E-state index < -0.39 is 24.5 Å². The number of ether oxygens (including phenoxy) is 2. The molecule has 0 radical (unpaired) electrons. The number of aromatic nitrogens is 1. The molecule has 2 fully saturated rings. The van der Waals surface area contributed by atoms with Crippen molar-refractivity contribution in [1.29, 1.82) is 0 Å². The smallest absolute Gasteiger partial charge is 0.406 e. The Kier molecular flexibility index (Phi) is 4.83. The summed E-state index contributed by atoms with van der Waals surface area (Å²) in [5.74, 6) is -1.36. The van der Waals surface area contributed by atoms with Gasteiger partial charge in [-0.2, -0.15) is 13.2 Å². The largest absolute Gasteiger partial charge is 0.459 e. The highest BCUT2D eigenvalue weighted by Crippen LogP contribution is 2.31. The number of fused-ring (bicyclic) bond motifs is 3. The lowest BCUT2D eigenvalue weighted by molar-refractivity contribution is -0.139. The lowest BCUT2D eigenvalue weighted by Crippen LogP contribution is -2.56. The molecule has 1 aromatic heterocycles. The molecule has 152 valence electrons. The van der Waals surface area contributed by atoms with Crippen LogP contribution in [0.2, 0.25) is 0 Å². The monoisotopic (exact) mass is 400 g/mol. The molecule has 3 heterocycles. The van der Waals surface area contributed by atoms with Crippen LogP contribution in [0.1, 0.15) is 23.2 Å². The zero-order valence-corrected chi connectivity index (χ0v) is 15.2. The van der Waals surface area contributed by atoms with Crippen LogP contribution in [-0.4, -0.2) is 60.1 Å². The summed E-state index contributed by atoms with van der Waals surface area (Å²) < 4.78 is 64.4. The number of likely N-dealkylation sites (N-methyl/N-ethyl adjacent to an activating group) is 1. The van der Waals surface area contributed by atoms with Gasteiger partial charge in [0, 0.05) is 42.0 Å². The van der Waals surface area contributed by atoms with Crippen molar-refractivity contribution in [2.45, 2.75) is 43.8 Å². The molecular weight excluding hydrogens is 380 g/mol. The van der Waals surface area contributed by atoms with Gasteiger partial charge >= 0.3 is 12.1 Å². The minimum absolute atomic E-state index is 0.0564. The lowest BCUT2D eigenvalue weighted by Gasteiger charge is -2.46. The molecule has 0 amide bonds. The number of benzene rings is 1. The molecule has 0 spiro atoms. The Labute approximate surface area is 158 Å². The van der Waals surface area contributed by atoms with Crippen LogP contribution in [0.5, 0.6) is 0 Å². The predicted molar refractivity (Wildman–Crippen MR) is 92.5 cm³/mol. The minimum atomic E-state index is -4.47. The van der Waals surface area contributed by atoms with Crippen LogP contribution >= 0.6 is 0 Å². The number of carbonyl (C=O) groups excluding carboxylic acids is 1. The van der Waals surface area contributed by atoms with Gasteiger partial charge in [-0.1, -0.05) is 0 Å². The van der Waals surface area contributed by atoms with Crippen molar-refractivity contribution in [3.63, 3.8) is 0 Å². The number of halogens is 4. The van der Waals surface area contributed by atoms with Gasteiger partial charge in [-0.25, -0.2) is 9.18 Å². The highest BCUT2D eigenvalue weighted by atomic mass is 19.4. The molecule has 0 aliphatic carbocycles. The highest BCUT2D eigenvalue weighted by molar-refractivity contribution is 6.04. The van der Waals surface area contributed by atoms with E-state index >= 15 is 0 Å². The topological polar surface area (TPSA) is 43.7 Å². The third kappa shape index (κ3) is 3.73. The molecule has 5 nitrogen and oxygen atoms in total. The zero-order valence-electron chi connectivity index (χ0n) is 15.2. The van der Waals surface area contributed by atoms with E-state index in [1.165, 1.54) is 6.07 Å². The number of rotatable bonds is 3. The summed E-state index contributed by atoms with van der Waals surface area (Å²) >= 11 is 0. The van der Waals surface area contributed by atoms with Crippen LogP contribution in [-0.2, 0) is 16.0 Å². The molecule has 2 bridgehead atoms. The normalized spacial score (nSPS) is 25.8. The van der Waals surface area contributed by atoms with Crippen molar-refractivity contribution in [3.8, 4) is 0 Å². The molecule has 2 saturated heterocycles. The van der Waals surface area contributed by atoms with E-state index in [1.807, 2.05) is 7.05 Å². The summed E-state index contributed by atoms with van der Waals surface area (Å²) in [5.41, 5.74) is 0.0819. The highest BCUT2D eigenvalue weighted by Gasteiger charge is 2.39. The third-order valence-corrected chi connectivity index (χ3v) is 5.53. The number of hydrogen-bond donors (Lipinski definition) is 0. The average Bonchev–Trinajstić information content (AvgIpc) is 2.91. The van der Waals surface area contributed by atoms with Crippen LogP contribution in [0.15, 0.2) is 24.4 Å². The third-order valence-electron chi connectivity index (χ3n) is 5.53. The molecule has 9 heteroatoms. The van der Waals surface area contributed by atoms with Crippen LogP contribution in [0.3, 0.4) is 0 Å². The Morgan fingerprint density at radius 1 is 1.25 bits per heavy atom. The maximum atomic E-state index is 13.7. The standard InChI is InChI=1S/C19H20F4N2O3/c1-24-12-5-14(6-13(24)9-27-8-12)28-18(26)16-7-25(10-19(21,22)23)17-3-2-11(20)4-15(16)17/h2-4,7,12-14H,5-6,8-10H2,1H3/t12-,13+,14?. The Balaban J connectivity index is 1.59. The van der Waals surface area contributed by atoms with Crippen molar-refractivity contribution >= 4 is 16.9 Å². The predicted octanol–water partition coefficient (Wildman–Crippen LogP) is 3.36. The van der Waals surface area contributed by atoms with Crippen molar-refractivity contribution in [1.82, 2.24) is 9.47 Å². The van der Waals surface area contributed by atoms with Crippen molar-refractivity contribution in [3.05, 3.63) is 35.8 Å². The molecule has 1 aromatic carbocycles. The second-order valence-corrected chi connectivity index (χ2v) is 7.46.